The fraction of sp³-hybridized carbons (Fsp3) is 0.235. The highest BCUT2D eigenvalue weighted by molar-refractivity contribution is 7.08. The first-order chi connectivity index (χ1) is 11.3. The number of amides is 1. The average Bonchev–Trinajstić information content (AvgIpc) is 3.15. The topological polar surface area (TPSA) is 55.3 Å². The maximum atomic E-state index is 12.6. The fourth-order valence-corrected chi connectivity index (χ4v) is 3.38. The lowest BCUT2D eigenvalue weighted by molar-refractivity contribution is 0.0299. The molecule has 0 radical (unpaired) electrons. The molecule has 0 aromatic carbocycles. The van der Waals surface area contributed by atoms with Gasteiger partial charge in [0.1, 0.15) is 5.69 Å². The van der Waals surface area contributed by atoms with E-state index >= 15 is 0 Å². The van der Waals surface area contributed by atoms with E-state index in [0.29, 0.717) is 32.0 Å². The van der Waals surface area contributed by atoms with Crippen LogP contribution >= 0.6 is 11.3 Å². The quantitative estimate of drug-likeness (QED) is 0.727. The molecule has 116 valence electrons. The van der Waals surface area contributed by atoms with Crippen LogP contribution in [0.5, 0.6) is 0 Å². The second-order valence-corrected chi connectivity index (χ2v) is 6.15. The number of morpholine rings is 1. The molecule has 6 heteroatoms. The van der Waals surface area contributed by atoms with Gasteiger partial charge < -0.3 is 9.64 Å². The minimum Gasteiger partial charge on any atom is -0.378 e. The third-order valence-electron chi connectivity index (χ3n) is 3.95. The molecule has 3 aromatic rings. The van der Waals surface area contributed by atoms with Gasteiger partial charge in [-0.1, -0.05) is 0 Å². The zero-order valence-electron chi connectivity index (χ0n) is 12.4. The van der Waals surface area contributed by atoms with Crippen molar-refractivity contribution in [1.29, 1.82) is 0 Å². The third-order valence-corrected chi connectivity index (χ3v) is 4.63. The summed E-state index contributed by atoms with van der Waals surface area (Å²) >= 11 is 1.63. The number of thiophene rings is 1. The Balaban J connectivity index is 1.77. The van der Waals surface area contributed by atoms with Crippen LogP contribution in [-0.2, 0) is 4.74 Å². The van der Waals surface area contributed by atoms with Gasteiger partial charge in [-0.05, 0) is 34.5 Å². The monoisotopic (exact) mass is 325 g/mol. The Kier molecular flexibility index (Phi) is 3.77. The van der Waals surface area contributed by atoms with Gasteiger partial charge >= 0.3 is 0 Å². The van der Waals surface area contributed by atoms with E-state index in [0.717, 1.165) is 22.0 Å². The Morgan fingerprint density at radius 2 is 2.04 bits per heavy atom. The first-order valence-corrected chi connectivity index (χ1v) is 8.41. The molecule has 1 fully saturated rings. The summed E-state index contributed by atoms with van der Waals surface area (Å²) in [5, 5.41) is 5.03. The van der Waals surface area contributed by atoms with Crippen LogP contribution in [0.1, 0.15) is 10.5 Å². The number of aromatic nitrogens is 2. The lowest BCUT2D eigenvalue weighted by atomic mass is 10.1. The first-order valence-electron chi connectivity index (χ1n) is 7.47. The predicted octanol–water partition coefficient (Wildman–Crippen LogP) is 2.83. The van der Waals surface area contributed by atoms with Crippen LogP contribution in [0.4, 0.5) is 0 Å². The van der Waals surface area contributed by atoms with E-state index in [1.54, 1.807) is 34.7 Å². The van der Waals surface area contributed by atoms with E-state index in [1.807, 2.05) is 17.5 Å². The molecule has 0 atom stereocenters. The molecule has 0 unspecified atom stereocenters. The summed E-state index contributed by atoms with van der Waals surface area (Å²) < 4.78 is 5.30. The lowest BCUT2D eigenvalue weighted by Gasteiger charge is -2.26. The van der Waals surface area contributed by atoms with Gasteiger partial charge in [-0.2, -0.15) is 11.3 Å². The summed E-state index contributed by atoms with van der Waals surface area (Å²) in [5.41, 5.74) is 3.33. The fourth-order valence-electron chi connectivity index (χ4n) is 2.72. The van der Waals surface area contributed by atoms with Crippen molar-refractivity contribution in [3.05, 3.63) is 47.0 Å². The third kappa shape index (κ3) is 2.71. The standard InChI is InChI=1S/C17H15N3O2S/c21-17(20-4-6-22-7-5-20)15-2-1-12-9-18-10-14(16(12)19-15)13-3-8-23-11-13/h1-3,8-11H,4-7H2. The van der Waals surface area contributed by atoms with Gasteiger partial charge in [0.05, 0.1) is 18.7 Å². The average molecular weight is 325 g/mol. The molecule has 1 amide bonds. The molecule has 1 aliphatic rings. The van der Waals surface area contributed by atoms with Gasteiger partial charge in [0.25, 0.3) is 5.91 Å². The second-order valence-electron chi connectivity index (χ2n) is 5.37. The predicted molar refractivity (Wildman–Crippen MR) is 89.6 cm³/mol. The summed E-state index contributed by atoms with van der Waals surface area (Å²) in [7, 11) is 0. The van der Waals surface area contributed by atoms with Crippen LogP contribution in [0.3, 0.4) is 0 Å². The second kappa shape index (κ2) is 6.06. The van der Waals surface area contributed by atoms with E-state index in [1.165, 1.54) is 0 Å². The summed E-state index contributed by atoms with van der Waals surface area (Å²) in [5.74, 6) is -0.0386. The number of nitrogens with zero attached hydrogens (tertiary/aromatic N) is 3. The molecular formula is C17H15N3O2S. The Bertz CT molecular complexity index is 842. The molecule has 0 spiro atoms. The van der Waals surface area contributed by atoms with Crippen LogP contribution in [0, 0.1) is 0 Å². The molecule has 23 heavy (non-hydrogen) atoms. The van der Waals surface area contributed by atoms with E-state index in [4.69, 9.17) is 4.74 Å². The summed E-state index contributed by atoms with van der Waals surface area (Å²) in [4.78, 5) is 23.4. The Morgan fingerprint density at radius 1 is 1.17 bits per heavy atom. The molecule has 1 saturated heterocycles. The van der Waals surface area contributed by atoms with E-state index in [-0.39, 0.29) is 5.91 Å². The van der Waals surface area contributed by atoms with Gasteiger partial charge in [0.2, 0.25) is 0 Å². The molecule has 0 N–H and O–H groups in total. The number of hydrogen-bond donors (Lipinski definition) is 0. The molecule has 3 aromatic heterocycles. The first kappa shape index (κ1) is 14.3. The highest BCUT2D eigenvalue weighted by Crippen LogP contribution is 2.28. The number of fused-ring (bicyclic) bond motifs is 1. The van der Waals surface area contributed by atoms with Gasteiger partial charge in [0.15, 0.2) is 0 Å². The minimum absolute atomic E-state index is 0.0386. The normalized spacial score (nSPS) is 15.0. The van der Waals surface area contributed by atoms with Crippen molar-refractivity contribution in [2.45, 2.75) is 0 Å². The molecular weight excluding hydrogens is 310 g/mol. The number of pyridine rings is 2. The minimum atomic E-state index is -0.0386. The summed E-state index contributed by atoms with van der Waals surface area (Å²) in [6, 6.07) is 5.73. The number of rotatable bonds is 2. The van der Waals surface area contributed by atoms with Crippen LogP contribution in [0.25, 0.3) is 22.0 Å². The van der Waals surface area contributed by atoms with Gasteiger partial charge in [-0.3, -0.25) is 9.78 Å². The molecule has 1 aliphatic heterocycles. The Hall–Kier alpha value is -2.31. The van der Waals surface area contributed by atoms with E-state index in [2.05, 4.69) is 15.3 Å². The maximum Gasteiger partial charge on any atom is 0.272 e. The van der Waals surface area contributed by atoms with Crippen LogP contribution in [0.15, 0.2) is 41.4 Å². The van der Waals surface area contributed by atoms with Crippen molar-refractivity contribution < 1.29 is 9.53 Å². The number of ether oxygens (including phenoxy) is 1. The van der Waals surface area contributed by atoms with Crippen molar-refractivity contribution in [1.82, 2.24) is 14.9 Å². The van der Waals surface area contributed by atoms with E-state index < -0.39 is 0 Å². The zero-order valence-corrected chi connectivity index (χ0v) is 13.3. The lowest BCUT2D eigenvalue weighted by Crippen LogP contribution is -2.41. The van der Waals surface area contributed by atoms with Gasteiger partial charge in [0, 0.05) is 36.4 Å². The van der Waals surface area contributed by atoms with Crippen molar-refractivity contribution in [2.75, 3.05) is 26.3 Å². The van der Waals surface area contributed by atoms with Crippen molar-refractivity contribution >= 4 is 28.1 Å². The van der Waals surface area contributed by atoms with Crippen LogP contribution in [0.2, 0.25) is 0 Å². The summed E-state index contributed by atoms with van der Waals surface area (Å²) in [6.07, 6.45) is 3.58. The SMILES string of the molecule is O=C(c1ccc2cncc(-c3ccsc3)c2n1)N1CCOCC1. The largest absolute Gasteiger partial charge is 0.378 e. The number of carbonyl (C=O) groups is 1. The van der Waals surface area contributed by atoms with E-state index in [9.17, 15) is 4.79 Å². The molecule has 4 rings (SSSR count). The molecule has 4 heterocycles. The van der Waals surface area contributed by atoms with Crippen LogP contribution < -0.4 is 0 Å². The van der Waals surface area contributed by atoms with Crippen molar-refractivity contribution in [2.24, 2.45) is 0 Å². The molecule has 0 saturated carbocycles. The molecule has 0 bridgehead atoms. The zero-order chi connectivity index (χ0) is 15.6. The number of carbonyl (C=O) groups excluding carboxylic acids is 1. The van der Waals surface area contributed by atoms with Crippen LogP contribution in [-0.4, -0.2) is 47.1 Å². The van der Waals surface area contributed by atoms with Gasteiger partial charge in [-0.15, -0.1) is 0 Å². The molecule has 0 aliphatic carbocycles. The Labute approximate surface area is 137 Å². The van der Waals surface area contributed by atoms with Crippen molar-refractivity contribution in [3.8, 4) is 11.1 Å². The number of hydrogen-bond acceptors (Lipinski definition) is 5. The highest BCUT2D eigenvalue weighted by Gasteiger charge is 2.20. The smallest absolute Gasteiger partial charge is 0.272 e. The van der Waals surface area contributed by atoms with Gasteiger partial charge in [-0.25, -0.2) is 4.98 Å². The Morgan fingerprint density at radius 3 is 2.83 bits per heavy atom. The van der Waals surface area contributed by atoms with Crippen molar-refractivity contribution in [3.63, 3.8) is 0 Å². The highest BCUT2D eigenvalue weighted by atomic mass is 32.1. The molecule has 5 nitrogen and oxygen atoms in total. The maximum absolute atomic E-state index is 12.6. The summed E-state index contributed by atoms with van der Waals surface area (Å²) in [6.45, 7) is 2.41.